The predicted octanol–water partition coefficient (Wildman–Crippen LogP) is 1.76. The van der Waals surface area contributed by atoms with E-state index in [1.54, 1.807) is 44.2 Å². The first kappa shape index (κ1) is 37.0. The summed E-state index contributed by atoms with van der Waals surface area (Å²) in [6.45, 7) is 4.68. The zero-order valence-electron chi connectivity index (χ0n) is 28.7. The van der Waals surface area contributed by atoms with Crippen LogP contribution in [-0.2, 0) is 28.6 Å². The quantitative estimate of drug-likeness (QED) is 0.140. The molecule has 19 nitrogen and oxygen atoms in total. The van der Waals surface area contributed by atoms with E-state index in [0.717, 1.165) is 17.2 Å². The summed E-state index contributed by atoms with van der Waals surface area (Å²) in [5, 5.41) is 15.8. The largest absolute Gasteiger partial charge is 0.387 e. The molecule has 8 atom stereocenters. The van der Waals surface area contributed by atoms with Crippen LogP contribution in [0.4, 0.5) is 20.5 Å². The highest BCUT2D eigenvalue weighted by Crippen LogP contribution is 2.38. The van der Waals surface area contributed by atoms with Gasteiger partial charge in [-0.2, -0.15) is 13.4 Å². The number of ether oxygens (including phenoxy) is 2. The number of hydrogen-bond donors (Lipinski definition) is 4. The second kappa shape index (κ2) is 14.5. The zero-order chi connectivity index (χ0) is 38.5. The molecule has 1 aromatic carbocycles. The van der Waals surface area contributed by atoms with Crippen molar-refractivity contribution in [1.82, 2.24) is 39.0 Å². The number of amides is 2. The fourth-order valence-electron chi connectivity index (χ4n) is 6.12. The number of benzene rings is 1. The van der Waals surface area contributed by atoms with E-state index in [9.17, 15) is 27.9 Å². The monoisotopic (exact) mass is 772 g/mol. The number of hydrogen-bond acceptors (Lipinski definition) is 14. The molecule has 0 saturated carbocycles. The molecule has 0 aliphatic carbocycles. The second-order valence-corrected chi connectivity index (χ2v) is 14.8. The molecule has 2 aliphatic heterocycles. The number of carbonyl (C=O) groups is 2. The molecule has 2 fully saturated rings. The summed E-state index contributed by atoms with van der Waals surface area (Å²) in [7, 11) is -4.53. The lowest BCUT2D eigenvalue weighted by atomic mass is 10.1. The number of aromatic nitrogens is 8. The highest BCUT2D eigenvalue weighted by molar-refractivity contribution is 7.86. The lowest BCUT2D eigenvalue weighted by Gasteiger charge is -2.19. The van der Waals surface area contributed by atoms with E-state index in [4.69, 9.17) is 13.7 Å². The number of H-pyrrole nitrogens is 1. The van der Waals surface area contributed by atoms with Gasteiger partial charge in [-0.3, -0.25) is 38.0 Å². The Balaban J connectivity index is 1.01. The van der Waals surface area contributed by atoms with Gasteiger partial charge in [-0.05, 0) is 25.5 Å². The van der Waals surface area contributed by atoms with Crippen LogP contribution < -0.4 is 16.2 Å². The molecule has 2 saturated heterocycles. The van der Waals surface area contributed by atoms with Crippen molar-refractivity contribution in [3.63, 3.8) is 0 Å². The summed E-state index contributed by atoms with van der Waals surface area (Å²) in [6.07, 6.45) is -10.0. The Hall–Kier alpha value is -5.29. The van der Waals surface area contributed by atoms with E-state index in [-0.39, 0.29) is 34.1 Å². The molecule has 0 bridgehead atoms. The molecule has 7 rings (SSSR count). The molecule has 286 valence electrons. The van der Waals surface area contributed by atoms with Crippen molar-refractivity contribution in [2.24, 2.45) is 5.92 Å². The third-order valence-corrected chi connectivity index (χ3v) is 10.2. The molecular weight excluding hydrogens is 738 g/mol. The zero-order valence-corrected chi connectivity index (χ0v) is 29.6. The predicted molar refractivity (Wildman–Crippen MR) is 184 cm³/mol. The number of anilines is 2. The average Bonchev–Trinajstić information content (AvgIpc) is 3.90. The summed E-state index contributed by atoms with van der Waals surface area (Å²) >= 11 is 0. The summed E-state index contributed by atoms with van der Waals surface area (Å²) < 4.78 is 76.7. The van der Waals surface area contributed by atoms with Crippen LogP contribution in [0.2, 0.25) is 0 Å². The molecule has 4 N–H and O–H groups in total. The number of aliphatic hydroxyl groups excluding tert-OH is 1. The molecule has 5 aromatic rings. The van der Waals surface area contributed by atoms with Crippen LogP contribution in [0.1, 0.15) is 50.0 Å². The standard InChI is InChI=1S/C32H34F2N10O9S/c1-14(2)27(46)41-32-40-26-21(29(48)42-32)38-13-44(26)30-18(33)22(45)17(52-30)9-10-54(49,50)53-23-15(3)51-31(19(23)34)43-12-37-20-24(35-11-36-25(20)43)39-28(47)16-7-5-4-6-8-16/h4-8,11-15,17-19,22-23,30-31,45H,9-10H2,1-3H3,(H,35,36,39,47)(H2,40,41,42,46,48)/t15-,17-,18-,19-,22-,23-,30-,31-/m1/s1. The fourth-order valence-corrected chi connectivity index (χ4v) is 7.34. The highest BCUT2D eigenvalue weighted by Gasteiger charge is 2.49. The van der Waals surface area contributed by atoms with Crippen LogP contribution in [0, 0.1) is 5.92 Å². The number of aromatic amines is 1. The number of alkyl halides is 2. The molecule has 2 amide bonds. The number of nitrogens with zero attached hydrogens (tertiary/aromatic N) is 7. The van der Waals surface area contributed by atoms with E-state index in [0.29, 0.717) is 5.56 Å². The van der Waals surface area contributed by atoms with Gasteiger partial charge in [-0.1, -0.05) is 32.0 Å². The van der Waals surface area contributed by atoms with Gasteiger partial charge in [0.05, 0.1) is 30.6 Å². The fraction of sp³-hybridized carbons (Fsp3) is 0.438. The first-order chi connectivity index (χ1) is 25.7. The first-order valence-corrected chi connectivity index (χ1v) is 18.3. The molecule has 6 heterocycles. The van der Waals surface area contributed by atoms with Gasteiger partial charge in [-0.25, -0.2) is 28.7 Å². The topological polar surface area (TPSA) is 247 Å². The Labute approximate surface area is 304 Å². The van der Waals surface area contributed by atoms with E-state index >= 15 is 8.78 Å². The van der Waals surface area contributed by atoms with Crippen molar-refractivity contribution in [2.75, 3.05) is 16.4 Å². The van der Waals surface area contributed by atoms with Crippen molar-refractivity contribution in [1.29, 1.82) is 0 Å². The number of rotatable bonds is 11. The number of halogens is 2. The molecule has 54 heavy (non-hydrogen) atoms. The molecule has 4 aromatic heterocycles. The van der Waals surface area contributed by atoms with E-state index in [1.165, 1.54) is 17.8 Å². The first-order valence-electron chi connectivity index (χ1n) is 16.7. The summed E-state index contributed by atoms with van der Waals surface area (Å²) in [6, 6.07) is 8.36. The molecule has 0 spiro atoms. The molecule has 22 heteroatoms. The van der Waals surface area contributed by atoms with Crippen molar-refractivity contribution < 1.29 is 45.6 Å². The minimum Gasteiger partial charge on any atom is -0.387 e. The number of fused-ring (bicyclic) bond motifs is 2. The lowest BCUT2D eigenvalue weighted by molar-refractivity contribution is -0.118. The van der Waals surface area contributed by atoms with Gasteiger partial charge in [0, 0.05) is 11.5 Å². The maximum absolute atomic E-state index is 16.0. The van der Waals surface area contributed by atoms with Crippen molar-refractivity contribution in [2.45, 2.75) is 76.4 Å². The van der Waals surface area contributed by atoms with Crippen LogP contribution in [0.3, 0.4) is 0 Å². The second-order valence-electron chi connectivity index (χ2n) is 13.0. The van der Waals surface area contributed by atoms with Crippen LogP contribution in [0.25, 0.3) is 22.3 Å². The Morgan fingerprint density at radius 2 is 1.67 bits per heavy atom. The van der Waals surface area contributed by atoms with Crippen molar-refractivity contribution >= 4 is 56.0 Å². The Bertz CT molecular complexity index is 2370. The number of nitrogens with one attached hydrogen (secondary N) is 3. The van der Waals surface area contributed by atoms with Crippen LogP contribution in [-0.4, -0.2) is 107 Å². The van der Waals surface area contributed by atoms with E-state index < -0.39 is 94.8 Å². The summed E-state index contributed by atoms with van der Waals surface area (Å²) in [5.41, 5.74) is -0.478. The number of aliphatic hydroxyl groups is 1. The lowest BCUT2D eigenvalue weighted by Crippen LogP contribution is -2.35. The molecule has 0 radical (unpaired) electrons. The third kappa shape index (κ3) is 7.04. The minimum absolute atomic E-state index is 0.0598. The van der Waals surface area contributed by atoms with Gasteiger partial charge >= 0.3 is 0 Å². The van der Waals surface area contributed by atoms with Crippen molar-refractivity contribution in [3.05, 3.63) is 65.2 Å². The summed E-state index contributed by atoms with van der Waals surface area (Å²) in [5.74, 6) is -2.30. The van der Waals surface area contributed by atoms with Gasteiger partial charge in [0.25, 0.3) is 21.6 Å². The van der Waals surface area contributed by atoms with E-state index in [2.05, 4.69) is 40.5 Å². The van der Waals surface area contributed by atoms with Gasteiger partial charge in [-0.15, -0.1) is 0 Å². The van der Waals surface area contributed by atoms with Crippen LogP contribution in [0.15, 0.2) is 54.1 Å². The van der Waals surface area contributed by atoms with Crippen LogP contribution in [0.5, 0.6) is 0 Å². The van der Waals surface area contributed by atoms with Gasteiger partial charge in [0.2, 0.25) is 11.9 Å². The summed E-state index contributed by atoms with van der Waals surface area (Å²) in [4.78, 5) is 60.4. The van der Waals surface area contributed by atoms with E-state index in [1.807, 2.05) is 0 Å². The number of imidazole rings is 2. The van der Waals surface area contributed by atoms with Gasteiger partial charge < -0.3 is 19.9 Å². The molecule has 0 unspecified atom stereocenters. The molecule has 2 aliphatic rings. The van der Waals surface area contributed by atoms with Crippen molar-refractivity contribution in [3.8, 4) is 0 Å². The third-order valence-electron chi connectivity index (χ3n) is 8.98. The SMILES string of the molecule is CC(C)C(=O)Nc1nc2c(ncn2[C@@H]2O[C@H](CCS(=O)(=O)O[C@H]3[C@@H](F)[C@H](n4cnc5c(NC(=O)c6ccccc6)ncnc54)O[C@@H]3C)[C@@H](O)[C@H]2F)c(=O)[nH]1. The van der Waals surface area contributed by atoms with Gasteiger partial charge in [0.1, 0.15) is 18.5 Å². The van der Waals surface area contributed by atoms with Gasteiger partial charge in [0.15, 0.2) is 52.9 Å². The Kier molecular flexibility index (Phi) is 9.95. The normalized spacial score (nSPS) is 25.8. The minimum atomic E-state index is -4.53. The maximum Gasteiger partial charge on any atom is 0.280 e. The van der Waals surface area contributed by atoms with Crippen LogP contribution >= 0.6 is 0 Å². The average molecular weight is 773 g/mol. The number of carbonyl (C=O) groups excluding carboxylic acids is 2. The highest BCUT2D eigenvalue weighted by atomic mass is 32.2. The smallest absolute Gasteiger partial charge is 0.280 e. The Morgan fingerprint density at radius 3 is 2.39 bits per heavy atom. The molecular formula is C32H34F2N10O9S. The maximum atomic E-state index is 16.0. The Morgan fingerprint density at radius 1 is 0.981 bits per heavy atom.